The van der Waals surface area contributed by atoms with E-state index in [0.29, 0.717) is 12.6 Å². The molecular formula is C19H26N4O2. The second-order valence-electron chi connectivity index (χ2n) is 6.55. The molecule has 0 saturated carbocycles. The number of aryl methyl sites for hydroxylation is 1. The Labute approximate surface area is 148 Å². The van der Waals surface area contributed by atoms with Crippen LogP contribution >= 0.6 is 0 Å². The van der Waals surface area contributed by atoms with Crippen LogP contribution in [0.25, 0.3) is 0 Å². The molecule has 0 bridgehead atoms. The lowest BCUT2D eigenvalue weighted by Gasteiger charge is -2.32. The Morgan fingerprint density at radius 1 is 1.28 bits per heavy atom. The molecule has 134 valence electrons. The second kappa shape index (κ2) is 7.59. The van der Waals surface area contributed by atoms with Gasteiger partial charge in [-0.05, 0) is 38.8 Å². The summed E-state index contributed by atoms with van der Waals surface area (Å²) in [5.41, 5.74) is 2.83. The zero-order chi connectivity index (χ0) is 17.8. The van der Waals surface area contributed by atoms with E-state index in [1.54, 1.807) is 13.3 Å². The molecule has 0 spiro atoms. The molecule has 2 aromatic rings. The number of amides is 2. The fourth-order valence-electron chi connectivity index (χ4n) is 3.48. The predicted octanol–water partition coefficient (Wildman–Crippen LogP) is 3.06. The monoisotopic (exact) mass is 342 g/mol. The molecule has 25 heavy (non-hydrogen) atoms. The van der Waals surface area contributed by atoms with Gasteiger partial charge in [0.1, 0.15) is 5.75 Å². The SMILES string of the molecule is COc1c(C)cnc(CNC(=O)N2CCC(n3cccc3)CC2)c1C. The lowest BCUT2D eigenvalue weighted by molar-refractivity contribution is 0.171. The minimum Gasteiger partial charge on any atom is -0.496 e. The van der Waals surface area contributed by atoms with E-state index in [1.165, 1.54) is 0 Å². The number of methoxy groups -OCH3 is 1. The summed E-state index contributed by atoms with van der Waals surface area (Å²) in [5.74, 6) is 0.840. The van der Waals surface area contributed by atoms with Gasteiger partial charge in [0.15, 0.2) is 0 Å². The number of carbonyl (C=O) groups excluding carboxylic acids is 1. The maximum absolute atomic E-state index is 12.4. The van der Waals surface area contributed by atoms with Crippen LogP contribution in [0.15, 0.2) is 30.7 Å². The molecular weight excluding hydrogens is 316 g/mol. The number of likely N-dealkylation sites (tertiary alicyclic amines) is 1. The third kappa shape index (κ3) is 3.78. The van der Waals surface area contributed by atoms with Crippen LogP contribution in [0.5, 0.6) is 5.75 Å². The van der Waals surface area contributed by atoms with Gasteiger partial charge < -0.3 is 19.5 Å². The normalized spacial score (nSPS) is 15.2. The van der Waals surface area contributed by atoms with Crippen molar-refractivity contribution in [3.63, 3.8) is 0 Å². The molecule has 1 aliphatic rings. The Hall–Kier alpha value is -2.50. The number of carbonyl (C=O) groups is 1. The molecule has 0 atom stereocenters. The van der Waals surface area contributed by atoms with Crippen molar-refractivity contribution in [2.24, 2.45) is 0 Å². The van der Waals surface area contributed by atoms with Crippen LogP contribution < -0.4 is 10.1 Å². The van der Waals surface area contributed by atoms with Crippen LogP contribution in [-0.4, -0.2) is 40.7 Å². The van der Waals surface area contributed by atoms with Crippen LogP contribution in [0.4, 0.5) is 4.79 Å². The predicted molar refractivity (Wildman–Crippen MR) is 96.8 cm³/mol. The van der Waals surface area contributed by atoms with Gasteiger partial charge in [-0.1, -0.05) is 0 Å². The number of ether oxygens (including phenoxy) is 1. The van der Waals surface area contributed by atoms with Gasteiger partial charge in [0.25, 0.3) is 0 Å². The van der Waals surface area contributed by atoms with E-state index in [-0.39, 0.29) is 6.03 Å². The molecule has 2 aromatic heterocycles. The highest BCUT2D eigenvalue weighted by Gasteiger charge is 2.23. The Morgan fingerprint density at radius 2 is 1.96 bits per heavy atom. The van der Waals surface area contributed by atoms with Crippen LogP contribution in [0.2, 0.25) is 0 Å². The summed E-state index contributed by atoms with van der Waals surface area (Å²) in [6.45, 7) is 5.91. The van der Waals surface area contributed by atoms with E-state index in [1.807, 2.05) is 30.9 Å². The molecule has 6 nitrogen and oxygen atoms in total. The zero-order valence-corrected chi connectivity index (χ0v) is 15.2. The summed E-state index contributed by atoms with van der Waals surface area (Å²) < 4.78 is 7.66. The molecule has 3 rings (SSSR count). The van der Waals surface area contributed by atoms with Crippen LogP contribution in [0.1, 0.15) is 35.7 Å². The maximum Gasteiger partial charge on any atom is 0.317 e. The molecule has 6 heteroatoms. The third-order valence-electron chi connectivity index (χ3n) is 4.96. The van der Waals surface area contributed by atoms with Crippen LogP contribution in [0, 0.1) is 13.8 Å². The molecule has 1 saturated heterocycles. The maximum atomic E-state index is 12.4. The minimum absolute atomic E-state index is 0.0216. The number of pyridine rings is 1. The highest BCUT2D eigenvalue weighted by Crippen LogP contribution is 2.24. The van der Waals surface area contributed by atoms with Gasteiger partial charge in [0.2, 0.25) is 0 Å². The van der Waals surface area contributed by atoms with E-state index in [2.05, 4.69) is 27.3 Å². The number of hydrogen-bond acceptors (Lipinski definition) is 3. The molecule has 0 unspecified atom stereocenters. The minimum atomic E-state index is -0.0216. The quantitative estimate of drug-likeness (QED) is 0.929. The third-order valence-corrected chi connectivity index (χ3v) is 4.96. The Balaban J connectivity index is 1.54. The highest BCUT2D eigenvalue weighted by molar-refractivity contribution is 5.74. The van der Waals surface area contributed by atoms with Crippen LogP contribution in [-0.2, 0) is 6.54 Å². The summed E-state index contributed by atoms with van der Waals surface area (Å²) in [6, 6.07) is 4.56. The van der Waals surface area contributed by atoms with Crippen molar-refractivity contribution in [2.45, 2.75) is 39.3 Å². The summed E-state index contributed by atoms with van der Waals surface area (Å²) in [6.07, 6.45) is 7.95. The zero-order valence-electron chi connectivity index (χ0n) is 15.2. The number of piperidine rings is 1. The van der Waals surface area contributed by atoms with Gasteiger partial charge >= 0.3 is 6.03 Å². The summed E-state index contributed by atoms with van der Waals surface area (Å²) in [7, 11) is 1.66. The lowest BCUT2D eigenvalue weighted by atomic mass is 10.1. The van der Waals surface area contributed by atoms with Crippen LogP contribution in [0.3, 0.4) is 0 Å². The first kappa shape index (κ1) is 17.3. The molecule has 3 heterocycles. The molecule has 0 radical (unpaired) electrons. The smallest absolute Gasteiger partial charge is 0.317 e. The lowest BCUT2D eigenvalue weighted by Crippen LogP contribution is -2.44. The van der Waals surface area contributed by atoms with Crippen molar-refractivity contribution < 1.29 is 9.53 Å². The first-order chi connectivity index (χ1) is 12.1. The largest absolute Gasteiger partial charge is 0.496 e. The van der Waals surface area contributed by atoms with Gasteiger partial charge in [-0.2, -0.15) is 0 Å². The van der Waals surface area contributed by atoms with E-state index in [9.17, 15) is 4.79 Å². The fraction of sp³-hybridized carbons (Fsp3) is 0.474. The second-order valence-corrected chi connectivity index (χ2v) is 6.55. The van der Waals surface area contributed by atoms with E-state index >= 15 is 0 Å². The van der Waals surface area contributed by atoms with Crippen molar-refractivity contribution in [2.75, 3.05) is 20.2 Å². The Kier molecular flexibility index (Phi) is 5.26. The number of nitrogens with zero attached hydrogens (tertiary/aromatic N) is 3. The molecule has 1 aliphatic heterocycles. The van der Waals surface area contributed by atoms with E-state index in [0.717, 1.165) is 48.5 Å². The molecule has 1 N–H and O–H groups in total. The van der Waals surface area contributed by atoms with Crippen molar-refractivity contribution in [3.05, 3.63) is 47.5 Å². The number of nitrogens with one attached hydrogen (secondary N) is 1. The van der Waals surface area contributed by atoms with Crippen molar-refractivity contribution in [1.29, 1.82) is 0 Å². The molecule has 2 amide bonds. The van der Waals surface area contributed by atoms with Gasteiger partial charge in [-0.3, -0.25) is 4.98 Å². The summed E-state index contributed by atoms with van der Waals surface area (Å²) in [5, 5.41) is 2.99. The molecule has 0 aromatic carbocycles. The number of rotatable bonds is 4. The van der Waals surface area contributed by atoms with Gasteiger partial charge in [-0.15, -0.1) is 0 Å². The fourth-order valence-corrected chi connectivity index (χ4v) is 3.48. The molecule has 0 aliphatic carbocycles. The summed E-state index contributed by atoms with van der Waals surface area (Å²) in [4.78, 5) is 18.8. The van der Waals surface area contributed by atoms with Crippen molar-refractivity contribution >= 4 is 6.03 Å². The van der Waals surface area contributed by atoms with E-state index in [4.69, 9.17) is 4.74 Å². The topological polar surface area (TPSA) is 59.4 Å². The average Bonchev–Trinajstić information content (AvgIpc) is 3.16. The average molecular weight is 342 g/mol. The first-order valence-electron chi connectivity index (χ1n) is 8.74. The highest BCUT2D eigenvalue weighted by atomic mass is 16.5. The molecule has 1 fully saturated rings. The first-order valence-corrected chi connectivity index (χ1v) is 8.74. The van der Waals surface area contributed by atoms with E-state index < -0.39 is 0 Å². The van der Waals surface area contributed by atoms with Gasteiger partial charge in [0, 0.05) is 48.8 Å². The van der Waals surface area contributed by atoms with Gasteiger partial charge in [0.05, 0.1) is 19.3 Å². The van der Waals surface area contributed by atoms with Crippen molar-refractivity contribution in [3.8, 4) is 5.75 Å². The summed E-state index contributed by atoms with van der Waals surface area (Å²) >= 11 is 0. The number of hydrogen-bond donors (Lipinski definition) is 1. The Morgan fingerprint density at radius 3 is 2.60 bits per heavy atom. The van der Waals surface area contributed by atoms with Gasteiger partial charge in [-0.25, -0.2) is 4.79 Å². The number of aromatic nitrogens is 2. The van der Waals surface area contributed by atoms with Crippen molar-refractivity contribution in [1.82, 2.24) is 19.8 Å². The standard InChI is InChI=1S/C19H26N4O2/c1-14-12-20-17(15(2)18(14)25-3)13-21-19(24)23-10-6-16(7-11-23)22-8-4-5-9-22/h4-5,8-9,12,16H,6-7,10-11,13H2,1-3H3,(H,21,24). The Bertz CT molecular complexity index is 719. The number of urea groups is 1.